The third-order valence-corrected chi connectivity index (χ3v) is 3.25. The van der Waals surface area contributed by atoms with E-state index in [0.29, 0.717) is 6.04 Å². The number of unbranched alkanes of at least 4 members (excludes halogenated alkanes) is 2. The third-order valence-electron chi connectivity index (χ3n) is 3.25. The summed E-state index contributed by atoms with van der Waals surface area (Å²) in [6.07, 6.45) is 4.50. The Morgan fingerprint density at radius 2 is 2.06 bits per heavy atom. The van der Waals surface area contributed by atoms with Crippen molar-refractivity contribution in [3.8, 4) is 0 Å². The number of nitrogens with zero attached hydrogens (tertiary/aromatic N) is 3. The van der Waals surface area contributed by atoms with Crippen LogP contribution < -0.4 is 4.90 Å². The summed E-state index contributed by atoms with van der Waals surface area (Å²) in [6.45, 7) is 9.37. The Kier molecular flexibility index (Phi) is 5.38. The van der Waals surface area contributed by atoms with Crippen LogP contribution in [-0.2, 0) is 7.05 Å². The first kappa shape index (κ1) is 14.7. The van der Waals surface area contributed by atoms with Gasteiger partial charge in [0.15, 0.2) is 6.29 Å². The molecule has 0 saturated heterocycles. The van der Waals surface area contributed by atoms with Crippen LogP contribution in [-0.4, -0.2) is 28.7 Å². The lowest BCUT2D eigenvalue weighted by molar-refractivity contribution is 0.112. The summed E-state index contributed by atoms with van der Waals surface area (Å²) in [6, 6.07) is 0.371. The molecule has 0 amide bonds. The quantitative estimate of drug-likeness (QED) is 0.552. The van der Waals surface area contributed by atoms with Crippen LogP contribution in [0.25, 0.3) is 0 Å². The van der Waals surface area contributed by atoms with Crippen LogP contribution in [0.3, 0.4) is 0 Å². The highest BCUT2D eigenvalue weighted by molar-refractivity contribution is 5.84. The maximum Gasteiger partial charge on any atom is 0.155 e. The predicted octanol–water partition coefficient (Wildman–Crippen LogP) is 2.95. The Bertz CT molecular complexity index is 396. The van der Waals surface area contributed by atoms with Crippen molar-refractivity contribution in [3.63, 3.8) is 0 Å². The molecular formula is C14H25N3O. The van der Waals surface area contributed by atoms with Gasteiger partial charge in [0, 0.05) is 19.6 Å². The molecule has 0 N–H and O–H groups in total. The van der Waals surface area contributed by atoms with E-state index in [1.165, 1.54) is 12.8 Å². The van der Waals surface area contributed by atoms with Gasteiger partial charge < -0.3 is 4.90 Å². The lowest BCUT2D eigenvalue weighted by atomic mass is 10.2. The second-order valence-electron chi connectivity index (χ2n) is 5.06. The van der Waals surface area contributed by atoms with E-state index in [-0.39, 0.29) is 0 Å². The summed E-state index contributed by atoms with van der Waals surface area (Å²) in [5, 5.41) is 4.36. The lowest BCUT2D eigenvalue weighted by Gasteiger charge is -2.29. The zero-order chi connectivity index (χ0) is 13.7. The summed E-state index contributed by atoms with van der Waals surface area (Å²) in [4.78, 5) is 13.5. The normalized spacial score (nSPS) is 11.0. The number of hydrogen-bond donors (Lipinski definition) is 0. The summed E-state index contributed by atoms with van der Waals surface area (Å²) in [5.41, 5.74) is 1.53. The molecule has 0 aliphatic heterocycles. The molecule has 1 heterocycles. The molecule has 1 aromatic rings. The lowest BCUT2D eigenvalue weighted by Crippen LogP contribution is -2.34. The van der Waals surface area contributed by atoms with Gasteiger partial charge in [-0.15, -0.1) is 0 Å². The van der Waals surface area contributed by atoms with E-state index in [9.17, 15) is 4.79 Å². The fraction of sp³-hybridized carbons (Fsp3) is 0.714. The smallest absolute Gasteiger partial charge is 0.155 e. The highest BCUT2D eigenvalue weighted by atomic mass is 16.1. The Morgan fingerprint density at radius 1 is 1.39 bits per heavy atom. The standard InChI is InChI=1S/C14H25N3O/c1-6-7-8-9-17(11(2)3)14-13(10-18)12(4)15-16(14)5/h10-11H,6-9H2,1-5H3. The summed E-state index contributed by atoms with van der Waals surface area (Å²) < 4.78 is 1.82. The molecule has 0 aliphatic rings. The molecule has 4 nitrogen and oxygen atoms in total. The maximum absolute atomic E-state index is 11.2. The molecule has 1 rings (SSSR count). The van der Waals surface area contributed by atoms with Gasteiger partial charge in [-0.1, -0.05) is 19.8 Å². The first-order chi connectivity index (χ1) is 8.52. The SMILES string of the molecule is CCCCCN(c1c(C=O)c(C)nn1C)C(C)C. The molecule has 0 aliphatic carbocycles. The zero-order valence-corrected chi connectivity index (χ0v) is 12.2. The van der Waals surface area contributed by atoms with Crippen LogP contribution in [0.5, 0.6) is 0 Å². The summed E-state index contributed by atoms with van der Waals surface area (Å²) >= 11 is 0. The maximum atomic E-state index is 11.2. The van der Waals surface area contributed by atoms with E-state index in [0.717, 1.165) is 36.3 Å². The molecular weight excluding hydrogens is 226 g/mol. The van der Waals surface area contributed by atoms with Crippen LogP contribution in [0, 0.1) is 6.92 Å². The van der Waals surface area contributed by atoms with E-state index in [1.54, 1.807) is 0 Å². The van der Waals surface area contributed by atoms with Gasteiger partial charge in [0.25, 0.3) is 0 Å². The number of aromatic nitrogens is 2. The van der Waals surface area contributed by atoms with Crippen molar-refractivity contribution < 1.29 is 4.79 Å². The van der Waals surface area contributed by atoms with Crippen LogP contribution in [0.2, 0.25) is 0 Å². The van der Waals surface area contributed by atoms with Gasteiger partial charge in [0.2, 0.25) is 0 Å². The van der Waals surface area contributed by atoms with Crippen molar-refractivity contribution in [1.82, 2.24) is 9.78 Å². The molecule has 0 unspecified atom stereocenters. The molecule has 0 saturated carbocycles. The van der Waals surface area contributed by atoms with Gasteiger partial charge in [-0.05, 0) is 27.2 Å². The fourth-order valence-electron chi connectivity index (χ4n) is 2.28. The molecule has 0 radical (unpaired) electrons. The van der Waals surface area contributed by atoms with Crippen molar-refractivity contribution in [2.75, 3.05) is 11.4 Å². The first-order valence-electron chi connectivity index (χ1n) is 6.78. The average molecular weight is 251 g/mol. The van der Waals surface area contributed by atoms with Crippen molar-refractivity contribution in [1.29, 1.82) is 0 Å². The molecule has 4 heteroatoms. The van der Waals surface area contributed by atoms with Gasteiger partial charge in [-0.25, -0.2) is 0 Å². The molecule has 0 fully saturated rings. The summed E-state index contributed by atoms with van der Waals surface area (Å²) in [5.74, 6) is 0.952. The minimum absolute atomic E-state index is 0.371. The van der Waals surface area contributed by atoms with E-state index in [4.69, 9.17) is 0 Å². The number of carbonyl (C=O) groups is 1. The molecule has 0 atom stereocenters. The Balaban J connectivity index is 3.01. The Hall–Kier alpha value is -1.32. The summed E-state index contributed by atoms with van der Waals surface area (Å²) in [7, 11) is 1.91. The number of hydrogen-bond acceptors (Lipinski definition) is 3. The van der Waals surface area contributed by atoms with Gasteiger partial charge in [0.1, 0.15) is 5.82 Å². The topological polar surface area (TPSA) is 38.1 Å². The highest BCUT2D eigenvalue weighted by Crippen LogP contribution is 2.24. The van der Waals surface area contributed by atoms with E-state index in [1.807, 2.05) is 18.7 Å². The predicted molar refractivity (Wildman–Crippen MR) is 75.3 cm³/mol. The minimum Gasteiger partial charge on any atom is -0.354 e. The largest absolute Gasteiger partial charge is 0.354 e. The third kappa shape index (κ3) is 3.12. The number of aldehydes is 1. The van der Waals surface area contributed by atoms with Gasteiger partial charge >= 0.3 is 0 Å². The first-order valence-corrected chi connectivity index (χ1v) is 6.78. The van der Waals surface area contributed by atoms with E-state index < -0.39 is 0 Å². The zero-order valence-electron chi connectivity index (χ0n) is 12.2. The Morgan fingerprint density at radius 3 is 2.56 bits per heavy atom. The molecule has 0 spiro atoms. The Labute approximate surface area is 110 Å². The van der Waals surface area contributed by atoms with Crippen LogP contribution in [0.4, 0.5) is 5.82 Å². The van der Waals surface area contributed by atoms with Crippen molar-refractivity contribution in [3.05, 3.63) is 11.3 Å². The molecule has 0 bridgehead atoms. The van der Waals surface area contributed by atoms with Crippen molar-refractivity contribution in [2.24, 2.45) is 7.05 Å². The van der Waals surface area contributed by atoms with Crippen molar-refractivity contribution in [2.45, 2.75) is 53.0 Å². The average Bonchev–Trinajstić information content (AvgIpc) is 2.59. The van der Waals surface area contributed by atoms with E-state index in [2.05, 4.69) is 30.8 Å². The number of rotatable bonds is 7. The van der Waals surface area contributed by atoms with Crippen LogP contribution in [0.1, 0.15) is 56.1 Å². The monoisotopic (exact) mass is 251 g/mol. The van der Waals surface area contributed by atoms with Crippen molar-refractivity contribution >= 4 is 12.1 Å². The molecule has 102 valence electrons. The molecule has 0 aromatic carbocycles. The van der Waals surface area contributed by atoms with Gasteiger partial charge in [-0.3, -0.25) is 9.48 Å². The number of carbonyl (C=O) groups excluding carboxylic acids is 1. The second-order valence-corrected chi connectivity index (χ2v) is 5.06. The second kappa shape index (κ2) is 6.57. The van der Waals surface area contributed by atoms with Gasteiger partial charge in [-0.2, -0.15) is 5.10 Å². The van der Waals surface area contributed by atoms with Crippen LogP contribution >= 0.6 is 0 Å². The number of aryl methyl sites for hydroxylation is 2. The molecule has 1 aromatic heterocycles. The van der Waals surface area contributed by atoms with E-state index >= 15 is 0 Å². The molecule has 18 heavy (non-hydrogen) atoms. The minimum atomic E-state index is 0.371. The number of anilines is 1. The van der Waals surface area contributed by atoms with Crippen LogP contribution in [0.15, 0.2) is 0 Å². The van der Waals surface area contributed by atoms with Gasteiger partial charge in [0.05, 0.1) is 11.3 Å². The highest BCUT2D eigenvalue weighted by Gasteiger charge is 2.20. The fourth-order valence-corrected chi connectivity index (χ4v) is 2.28.